The normalized spacial score (nSPS) is 15.0. The molecule has 1 aromatic carbocycles. The maximum atomic E-state index is 14.4. The molecule has 1 heterocycles. The van der Waals surface area contributed by atoms with E-state index in [0.29, 0.717) is 11.1 Å². The van der Waals surface area contributed by atoms with E-state index in [1.807, 2.05) is 0 Å². The van der Waals surface area contributed by atoms with Gasteiger partial charge in [0.25, 0.3) is 0 Å². The van der Waals surface area contributed by atoms with Crippen molar-refractivity contribution >= 4 is 28.9 Å². The fraction of sp³-hybridized carbons (Fsp3) is 0.421. The van der Waals surface area contributed by atoms with Gasteiger partial charge in [0.15, 0.2) is 5.15 Å². The van der Waals surface area contributed by atoms with E-state index < -0.39 is 33.4 Å². The van der Waals surface area contributed by atoms with Crippen molar-refractivity contribution in [3.05, 3.63) is 58.4 Å². The number of hydrogen-bond donors (Lipinski definition) is 1. The summed E-state index contributed by atoms with van der Waals surface area (Å²) in [5, 5.41) is 0.00537. The standard InChI is InChI=1S/C19H23ClFN3O3S/c1-12-6-7-13(10-14(12)21)19(11-15(25)27-5,24-28(26)18(2,3)4)16-17(20)23-9-8-22-16/h6-10,24H,11H2,1-5H3/t19-,28?/m0/s1. The highest BCUT2D eigenvalue weighted by Crippen LogP contribution is 2.38. The zero-order valence-electron chi connectivity index (χ0n) is 16.4. The third kappa shape index (κ3) is 4.81. The van der Waals surface area contributed by atoms with Crippen LogP contribution in [0.5, 0.6) is 0 Å². The lowest BCUT2D eigenvalue weighted by molar-refractivity contribution is -0.141. The maximum absolute atomic E-state index is 14.4. The molecule has 0 saturated carbocycles. The molecule has 0 aliphatic rings. The van der Waals surface area contributed by atoms with E-state index >= 15 is 0 Å². The Morgan fingerprint density at radius 2 is 1.96 bits per heavy atom. The summed E-state index contributed by atoms with van der Waals surface area (Å²) < 4.78 is 34.6. The number of halogens is 2. The van der Waals surface area contributed by atoms with Gasteiger partial charge in [-0.05, 0) is 44.9 Å². The van der Waals surface area contributed by atoms with Crippen LogP contribution in [0.15, 0.2) is 30.6 Å². The summed E-state index contributed by atoms with van der Waals surface area (Å²) in [4.78, 5) is 20.6. The number of rotatable bonds is 6. The van der Waals surface area contributed by atoms with Crippen molar-refractivity contribution in [1.29, 1.82) is 0 Å². The SMILES string of the molecule is COC(=O)C[C@](N[S+]([O-])C(C)(C)C)(c1ccc(C)c(F)c1)c1nccnc1Cl. The largest absolute Gasteiger partial charge is 0.598 e. The van der Waals surface area contributed by atoms with Gasteiger partial charge in [0.05, 0.1) is 13.5 Å². The number of aryl methyl sites for hydroxylation is 1. The smallest absolute Gasteiger partial charge is 0.308 e. The highest BCUT2D eigenvalue weighted by Gasteiger charge is 2.47. The Labute approximate surface area is 172 Å². The zero-order chi connectivity index (χ0) is 21.1. The third-order valence-corrected chi connectivity index (χ3v) is 6.11. The van der Waals surface area contributed by atoms with Crippen molar-refractivity contribution in [3.8, 4) is 0 Å². The van der Waals surface area contributed by atoms with Gasteiger partial charge in [-0.25, -0.2) is 9.37 Å². The molecule has 0 spiro atoms. The topological polar surface area (TPSA) is 87.2 Å². The zero-order valence-corrected chi connectivity index (χ0v) is 17.9. The first-order valence-electron chi connectivity index (χ1n) is 8.51. The number of nitrogens with zero attached hydrogens (tertiary/aromatic N) is 2. The number of methoxy groups -OCH3 is 1. The molecule has 0 amide bonds. The molecule has 0 radical (unpaired) electrons. The van der Waals surface area contributed by atoms with Crippen LogP contribution in [-0.4, -0.2) is 32.3 Å². The molecule has 0 aliphatic carbocycles. The highest BCUT2D eigenvalue weighted by molar-refractivity contribution is 7.90. The lowest BCUT2D eigenvalue weighted by atomic mass is 9.84. The summed E-state index contributed by atoms with van der Waals surface area (Å²) in [6.07, 6.45) is 2.48. The van der Waals surface area contributed by atoms with Crippen molar-refractivity contribution in [3.63, 3.8) is 0 Å². The molecule has 2 rings (SSSR count). The maximum Gasteiger partial charge on any atom is 0.308 e. The van der Waals surface area contributed by atoms with Gasteiger partial charge in [0.1, 0.15) is 21.8 Å². The van der Waals surface area contributed by atoms with Crippen molar-refractivity contribution in [2.75, 3.05) is 7.11 Å². The van der Waals surface area contributed by atoms with Crippen LogP contribution < -0.4 is 4.72 Å². The van der Waals surface area contributed by atoms with Crippen molar-refractivity contribution < 1.29 is 18.5 Å². The van der Waals surface area contributed by atoms with E-state index in [1.54, 1.807) is 39.8 Å². The minimum atomic E-state index is -1.65. The fourth-order valence-electron chi connectivity index (χ4n) is 2.53. The van der Waals surface area contributed by atoms with Crippen LogP contribution in [0, 0.1) is 12.7 Å². The quantitative estimate of drug-likeness (QED) is 0.561. The van der Waals surface area contributed by atoms with E-state index in [0.717, 1.165) is 0 Å². The van der Waals surface area contributed by atoms with Gasteiger partial charge in [-0.1, -0.05) is 23.7 Å². The average molecular weight is 428 g/mol. The van der Waals surface area contributed by atoms with Gasteiger partial charge in [0, 0.05) is 23.8 Å². The Hall–Kier alpha value is -1.74. The lowest BCUT2D eigenvalue weighted by Crippen LogP contribution is -2.53. The summed E-state index contributed by atoms with van der Waals surface area (Å²) in [5.74, 6) is -1.09. The number of hydrogen-bond acceptors (Lipinski definition) is 6. The molecule has 0 aliphatic heterocycles. The molecule has 2 aromatic rings. The molecular weight excluding hydrogens is 405 g/mol. The van der Waals surface area contributed by atoms with Crippen LogP contribution in [0.1, 0.15) is 44.0 Å². The second-order valence-corrected chi connectivity index (χ2v) is 9.63. The van der Waals surface area contributed by atoms with Crippen LogP contribution in [-0.2, 0) is 26.4 Å². The van der Waals surface area contributed by atoms with Gasteiger partial charge >= 0.3 is 5.97 Å². The Kier molecular flexibility index (Phi) is 7.03. The highest BCUT2D eigenvalue weighted by atomic mass is 35.5. The summed E-state index contributed by atoms with van der Waals surface area (Å²) in [6, 6.07) is 4.48. The molecule has 1 aromatic heterocycles. The summed E-state index contributed by atoms with van der Waals surface area (Å²) in [6.45, 7) is 6.93. The van der Waals surface area contributed by atoms with Crippen LogP contribution >= 0.6 is 11.6 Å². The first-order valence-corrected chi connectivity index (χ1v) is 10.0. The van der Waals surface area contributed by atoms with Crippen molar-refractivity contribution in [2.24, 2.45) is 0 Å². The monoisotopic (exact) mass is 427 g/mol. The number of nitrogens with one attached hydrogen (secondary N) is 1. The van der Waals surface area contributed by atoms with E-state index in [-0.39, 0.29) is 17.3 Å². The van der Waals surface area contributed by atoms with Crippen molar-refractivity contribution in [2.45, 2.75) is 44.4 Å². The summed E-state index contributed by atoms with van der Waals surface area (Å²) >= 11 is 4.64. The Morgan fingerprint density at radius 1 is 1.32 bits per heavy atom. The second-order valence-electron chi connectivity index (χ2n) is 7.30. The molecule has 6 nitrogen and oxygen atoms in total. The minimum absolute atomic E-state index is 0.00537. The summed E-state index contributed by atoms with van der Waals surface area (Å²) in [5.41, 5.74) is -0.590. The fourth-order valence-corrected chi connectivity index (χ4v) is 3.71. The van der Waals surface area contributed by atoms with E-state index in [1.165, 1.54) is 25.6 Å². The average Bonchev–Trinajstić information content (AvgIpc) is 2.62. The van der Waals surface area contributed by atoms with Gasteiger partial charge in [0.2, 0.25) is 0 Å². The van der Waals surface area contributed by atoms with E-state index in [4.69, 9.17) is 16.3 Å². The number of carbonyl (C=O) groups excluding carboxylic acids is 1. The minimum Gasteiger partial charge on any atom is -0.598 e. The van der Waals surface area contributed by atoms with Crippen LogP contribution in [0.4, 0.5) is 4.39 Å². The van der Waals surface area contributed by atoms with Gasteiger partial charge < -0.3 is 9.29 Å². The first-order chi connectivity index (χ1) is 13.0. The van der Waals surface area contributed by atoms with E-state index in [2.05, 4.69) is 14.7 Å². The Bertz CT molecular complexity index is 863. The van der Waals surface area contributed by atoms with Crippen molar-refractivity contribution in [1.82, 2.24) is 14.7 Å². The molecule has 2 atom stereocenters. The molecule has 28 heavy (non-hydrogen) atoms. The number of esters is 1. The van der Waals surface area contributed by atoms with Gasteiger partial charge in [-0.3, -0.25) is 9.78 Å². The second kappa shape index (κ2) is 8.73. The Morgan fingerprint density at radius 3 is 2.50 bits per heavy atom. The molecule has 0 fully saturated rings. The molecular formula is C19H23ClFN3O3S. The molecule has 0 saturated heterocycles. The van der Waals surface area contributed by atoms with Crippen LogP contribution in [0.2, 0.25) is 5.15 Å². The predicted octanol–water partition coefficient (Wildman–Crippen LogP) is 3.44. The molecule has 1 N–H and O–H groups in total. The van der Waals surface area contributed by atoms with Gasteiger partial charge in [-0.2, -0.15) is 0 Å². The Balaban J connectivity index is 2.79. The molecule has 9 heteroatoms. The number of ether oxygens (including phenoxy) is 1. The number of benzene rings is 1. The van der Waals surface area contributed by atoms with Gasteiger partial charge in [-0.15, -0.1) is 4.72 Å². The molecule has 1 unspecified atom stereocenters. The molecule has 152 valence electrons. The molecule has 0 bridgehead atoms. The van der Waals surface area contributed by atoms with E-state index in [9.17, 15) is 13.7 Å². The number of aromatic nitrogens is 2. The first kappa shape index (κ1) is 22.5. The summed E-state index contributed by atoms with van der Waals surface area (Å²) in [7, 11) is 1.24. The lowest BCUT2D eigenvalue weighted by Gasteiger charge is -2.37. The van der Waals surface area contributed by atoms with Crippen LogP contribution in [0.3, 0.4) is 0 Å². The van der Waals surface area contributed by atoms with Crippen LogP contribution in [0.25, 0.3) is 0 Å². The predicted molar refractivity (Wildman–Crippen MR) is 107 cm³/mol. The third-order valence-electron chi connectivity index (χ3n) is 4.18. The number of carbonyl (C=O) groups is 1.